The first-order chi connectivity index (χ1) is 8.83. The number of hydrogen-bond donors (Lipinski definition) is 0. The topological polar surface area (TPSA) is 54.5 Å². The molecular formula is C13H16FNO3S. The van der Waals surface area contributed by atoms with Gasteiger partial charge in [0.2, 0.25) is 5.91 Å². The van der Waals surface area contributed by atoms with E-state index >= 15 is 0 Å². The lowest BCUT2D eigenvalue weighted by Crippen LogP contribution is -2.25. The number of nitrogens with zero attached hydrogens (tertiary/aromatic N) is 1. The fraction of sp³-hybridized carbons (Fsp3) is 0.462. The van der Waals surface area contributed by atoms with Gasteiger partial charge in [-0.3, -0.25) is 4.79 Å². The molecule has 0 aliphatic carbocycles. The molecule has 0 N–H and O–H groups in total. The summed E-state index contributed by atoms with van der Waals surface area (Å²) in [6, 6.07) is 7.77. The van der Waals surface area contributed by atoms with E-state index < -0.39 is 21.9 Å². The molecule has 1 fully saturated rings. The first-order valence-electron chi connectivity index (χ1n) is 6.09. The van der Waals surface area contributed by atoms with Crippen LogP contribution in [0.4, 0.5) is 3.89 Å². The highest BCUT2D eigenvalue weighted by Gasteiger charge is 2.32. The summed E-state index contributed by atoms with van der Waals surface area (Å²) in [6.07, 6.45) is 0.106. The molecule has 4 nitrogen and oxygen atoms in total. The summed E-state index contributed by atoms with van der Waals surface area (Å²) in [4.78, 5) is 13.4. The largest absolute Gasteiger partial charge is 0.338 e. The number of hydrogen-bond acceptors (Lipinski definition) is 3. The minimum Gasteiger partial charge on any atom is -0.338 e. The van der Waals surface area contributed by atoms with Gasteiger partial charge in [-0.2, -0.15) is 8.42 Å². The van der Waals surface area contributed by atoms with E-state index in [9.17, 15) is 17.1 Å². The maximum absolute atomic E-state index is 12.6. The van der Waals surface area contributed by atoms with Gasteiger partial charge in [0.15, 0.2) is 0 Å². The average molecular weight is 285 g/mol. The lowest BCUT2D eigenvalue weighted by Gasteiger charge is -2.16. The van der Waals surface area contributed by atoms with Crippen LogP contribution in [0, 0.1) is 12.8 Å². The Labute approximate surface area is 112 Å². The number of halogens is 1. The first-order valence-corrected chi connectivity index (χ1v) is 7.64. The Balaban J connectivity index is 2.01. The van der Waals surface area contributed by atoms with Crippen LogP contribution in [0.15, 0.2) is 24.3 Å². The minimum absolute atomic E-state index is 0.106. The summed E-state index contributed by atoms with van der Waals surface area (Å²) >= 11 is 0. The second kappa shape index (κ2) is 5.28. The molecule has 0 saturated carbocycles. The van der Waals surface area contributed by atoms with Crippen molar-refractivity contribution in [1.82, 2.24) is 4.90 Å². The molecule has 1 atom stereocenters. The van der Waals surface area contributed by atoms with Gasteiger partial charge in [-0.05, 0) is 12.5 Å². The zero-order valence-corrected chi connectivity index (χ0v) is 11.5. The molecule has 0 aromatic heterocycles. The Morgan fingerprint density at radius 1 is 1.42 bits per heavy atom. The number of carbonyl (C=O) groups is 1. The van der Waals surface area contributed by atoms with Gasteiger partial charge >= 0.3 is 10.2 Å². The first kappa shape index (κ1) is 14.0. The third-order valence-electron chi connectivity index (χ3n) is 3.19. The van der Waals surface area contributed by atoms with Crippen molar-refractivity contribution in [2.45, 2.75) is 19.9 Å². The Bertz CT molecular complexity index is 585. The fourth-order valence-electron chi connectivity index (χ4n) is 2.43. The summed E-state index contributed by atoms with van der Waals surface area (Å²) in [7, 11) is -4.51. The van der Waals surface area contributed by atoms with Crippen LogP contribution in [0.2, 0.25) is 0 Å². The second-order valence-electron chi connectivity index (χ2n) is 5.04. The summed E-state index contributed by atoms with van der Waals surface area (Å²) in [6.45, 7) is 2.72. The van der Waals surface area contributed by atoms with E-state index in [1.807, 2.05) is 31.2 Å². The van der Waals surface area contributed by atoms with Crippen molar-refractivity contribution >= 4 is 16.1 Å². The molecule has 0 spiro atoms. The van der Waals surface area contributed by atoms with Crippen LogP contribution < -0.4 is 0 Å². The molecule has 0 bridgehead atoms. The highest BCUT2D eigenvalue weighted by atomic mass is 32.3. The Hall–Kier alpha value is -1.43. The SMILES string of the molecule is Cc1cccc(CN2CC(CS(=O)(=O)F)CC2=O)c1. The van der Waals surface area contributed by atoms with Crippen LogP contribution >= 0.6 is 0 Å². The maximum Gasteiger partial charge on any atom is 0.302 e. The van der Waals surface area contributed by atoms with Crippen LogP contribution in [0.25, 0.3) is 0 Å². The predicted octanol–water partition coefficient (Wildman–Crippen LogP) is 1.64. The molecule has 6 heteroatoms. The molecule has 1 heterocycles. The van der Waals surface area contributed by atoms with E-state index in [2.05, 4.69) is 0 Å². The Morgan fingerprint density at radius 2 is 2.16 bits per heavy atom. The molecule has 1 aromatic rings. The van der Waals surface area contributed by atoms with E-state index in [-0.39, 0.29) is 12.3 Å². The molecule has 1 aliphatic rings. The molecule has 1 aliphatic heterocycles. The average Bonchev–Trinajstić information content (AvgIpc) is 2.56. The van der Waals surface area contributed by atoms with Crippen molar-refractivity contribution in [3.8, 4) is 0 Å². The number of likely N-dealkylation sites (tertiary alicyclic amines) is 1. The molecule has 1 aromatic carbocycles. The maximum atomic E-state index is 12.6. The van der Waals surface area contributed by atoms with Gasteiger partial charge in [-0.25, -0.2) is 0 Å². The normalized spacial score (nSPS) is 20.0. The standard InChI is InChI=1S/C13H16FNO3S/c1-10-3-2-4-11(5-10)7-15-8-12(6-13(15)16)9-19(14,17)18/h2-5,12H,6-9H2,1H3. The van der Waals surface area contributed by atoms with Gasteiger partial charge in [0.1, 0.15) is 0 Å². The number of amides is 1. The zero-order valence-electron chi connectivity index (χ0n) is 10.7. The van der Waals surface area contributed by atoms with Crippen molar-refractivity contribution in [3.05, 3.63) is 35.4 Å². The van der Waals surface area contributed by atoms with Gasteiger partial charge in [0.25, 0.3) is 0 Å². The van der Waals surface area contributed by atoms with Crippen molar-refractivity contribution in [1.29, 1.82) is 0 Å². The summed E-state index contributed by atoms with van der Waals surface area (Å²) in [5, 5.41) is 0. The predicted molar refractivity (Wildman–Crippen MR) is 69.6 cm³/mol. The van der Waals surface area contributed by atoms with Gasteiger partial charge in [-0.1, -0.05) is 29.8 Å². The van der Waals surface area contributed by atoms with Crippen LogP contribution in [0.3, 0.4) is 0 Å². The van der Waals surface area contributed by atoms with Crippen LogP contribution in [-0.2, 0) is 21.6 Å². The number of benzene rings is 1. The number of aryl methyl sites for hydroxylation is 1. The number of carbonyl (C=O) groups excluding carboxylic acids is 1. The zero-order chi connectivity index (χ0) is 14.0. The van der Waals surface area contributed by atoms with Crippen molar-refractivity contribution < 1.29 is 17.1 Å². The van der Waals surface area contributed by atoms with Crippen LogP contribution in [0.1, 0.15) is 17.5 Å². The van der Waals surface area contributed by atoms with Crippen LogP contribution in [0.5, 0.6) is 0 Å². The van der Waals surface area contributed by atoms with Crippen molar-refractivity contribution in [3.63, 3.8) is 0 Å². The van der Waals surface area contributed by atoms with E-state index in [1.165, 1.54) is 0 Å². The second-order valence-corrected chi connectivity index (χ2v) is 6.45. The summed E-state index contributed by atoms with van der Waals surface area (Å²) in [5.74, 6) is -1.12. The van der Waals surface area contributed by atoms with Gasteiger partial charge in [-0.15, -0.1) is 3.89 Å². The summed E-state index contributed by atoms with van der Waals surface area (Å²) in [5.41, 5.74) is 2.10. The van der Waals surface area contributed by atoms with E-state index in [0.717, 1.165) is 11.1 Å². The highest BCUT2D eigenvalue weighted by Crippen LogP contribution is 2.22. The van der Waals surface area contributed by atoms with Gasteiger partial charge in [0, 0.05) is 25.4 Å². The van der Waals surface area contributed by atoms with Crippen molar-refractivity contribution in [2.24, 2.45) is 5.92 Å². The Kier molecular flexibility index (Phi) is 3.89. The number of rotatable bonds is 4. The molecule has 1 saturated heterocycles. The van der Waals surface area contributed by atoms with Gasteiger partial charge < -0.3 is 4.90 Å². The quantitative estimate of drug-likeness (QED) is 0.790. The van der Waals surface area contributed by atoms with Crippen molar-refractivity contribution in [2.75, 3.05) is 12.3 Å². The lowest BCUT2D eigenvalue weighted by molar-refractivity contribution is -0.128. The monoisotopic (exact) mass is 285 g/mol. The molecule has 2 rings (SSSR count). The smallest absolute Gasteiger partial charge is 0.302 e. The third-order valence-corrected chi connectivity index (χ3v) is 4.05. The highest BCUT2D eigenvalue weighted by molar-refractivity contribution is 7.86. The minimum atomic E-state index is -4.51. The van der Waals surface area contributed by atoms with Gasteiger partial charge in [0.05, 0.1) is 5.75 Å². The summed E-state index contributed by atoms with van der Waals surface area (Å²) < 4.78 is 33.8. The molecule has 0 radical (unpaired) electrons. The lowest BCUT2D eigenvalue weighted by atomic mass is 10.1. The van der Waals surface area contributed by atoms with E-state index in [0.29, 0.717) is 13.1 Å². The van der Waals surface area contributed by atoms with Crippen LogP contribution in [-0.4, -0.2) is 31.5 Å². The Morgan fingerprint density at radius 3 is 2.79 bits per heavy atom. The molecular weight excluding hydrogens is 269 g/mol. The third kappa shape index (κ3) is 4.02. The molecule has 19 heavy (non-hydrogen) atoms. The molecule has 1 unspecified atom stereocenters. The fourth-order valence-corrected chi connectivity index (χ4v) is 3.22. The van der Waals surface area contributed by atoms with E-state index in [4.69, 9.17) is 0 Å². The van der Waals surface area contributed by atoms with E-state index in [1.54, 1.807) is 4.90 Å². The molecule has 104 valence electrons. The molecule has 1 amide bonds.